The lowest BCUT2D eigenvalue weighted by molar-refractivity contribution is -0.137. The molecule has 1 saturated carbocycles. The van der Waals surface area contributed by atoms with E-state index in [-0.39, 0.29) is 23.7 Å². The first-order valence-corrected chi connectivity index (χ1v) is 12.1. The molecule has 0 spiro atoms. The summed E-state index contributed by atoms with van der Waals surface area (Å²) in [5.74, 6) is -1.07. The number of hydrogen-bond acceptors (Lipinski definition) is 2. The molecule has 0 aliphatic heterocycles. The topological polar surface area (TPSA) is 45.2 Å². The van der Waals surface area contributed by atoms with Gasteiger partial charge in [-0.2, -0.15) is 13.2 Å². The van der Waals surface area contributed by atoms with Gasteiger partial charge in [-0.25, -0.2) is 9.18 Å². The Morgan fingerprint density at radius 3 is 2.33 bits per heavy atom. The van der Waals surface area contributed by atoms with E-state index in [4.69, 9.17) is 11.6 Å². The Labute approximate surface area is 212 Å². The first-order chi connectivity index (χ1) is 17.1. The predicted molar refractivity (Wildman–Crippen MR) is 130 cm³/mol. The molecule has 1 atom stereocenters. The highest BCUT2D eigenvalue weighted by atomic mass is 35.5. The zero-order chi connectivity index (χ0) is 25.9. The third-order valence-corrected chi connectivity index (χ3v) is 6.93. The first kappa shape index (κ1) is 25.9. The molecule has 190 valence electrons. The van der Waals surface area contributed by atoms with Crippen LogP contribution in [0.4, 0.5) is 22.4 Å². The van der Waals surface area contributed by atoms with Gasteiger partial charge in [0.05, 0.1) is 16.3 Å². The van der Waals surface area contributed by atoms with Gasteiger partial charge in [0.15, 0.2) is 0 Å². The van der Waals surface area contributed by atoms with Crippen molar-refractivity contribution in [2.45, 2.75) is 49.9 Å². The van der Waals surface area contributed by atoms with Gasteiger partial charge in [0.1, 0.15) is 11.4 Å². The SMILES string of the molecule is CN(C(=O)N[C@](Cc1ccccc1)(c1cc(F)cc(C(F)(F)F)c1)c1ccc(Cl)cn1)C1CCCC1. The predicted octanol–water partition coefficient (Wildman–Crippen LogP) is 6.96. The van der Waals surface area contributed by atoms with Gasteiger partial charge in [0.2, 0.25) is 0 Å². The Morgan fingerprint density at radius 1 is 1.06 bits per heavy atom. The largest absolute Gasteiger partial charge is 0.416 e. The number of urea groups is 1. The van der Waals surface area contributed by atoms with Crippen LogP contribution in [0.2, 0.25) is 5.02 Å². The third-order valence-electron chi connectivity index (χ3n) is 6.71. The number of alkyl halides is 3. The van der Waals surface area contributed by atoms with Crippen molar-refractivity contribution in [2.75, 3.05) is 7.05 Å². The number of aromatic nitrogens is 1. The summed E-state index contributed by atoms with van der Waals surface area (Å²) < 4.78 is 55.8. The minimum Gasteiger partial charge on any atom is -0.325 e. The number of pyridine rings is 1. The Hall–Kier alpha value is -3.13. The molecule has 1 aromatic heterocycles. The molecular formula is C27H26ClF4N3O. The van der Waals surface area contributed by atoms with Gasteiger partial charge in [0.25, 0.3) is 0 Å². The maximum atomic E-state index is 14.7. The Bertz CT molecular complexity index is 1200. The van der Waals surface area contributed by atoms with Crippen molar-refractivity contribution >= 4 is 17.6 Å². The summed E-state index contributed by atoms with van der Waals surface area (Å²) >= 11 is 6.05. The zero-order valence-corrected chi connectivity index (χ0v) is 20.4. The molecule has 2 aromatic carbocycles. The van der Waals surface area contributed by atoms with Crippen molar-refractivity contribution in [3.05, 3.63) is 100 Å². The minimum absolute atomic E-state index is 0.0100. The number of hydrogen-bond donors (Lipinski definition) is 1. The number of halogens is 5. The van der Waals surface area contributed by atoms with Crippen molar-refractivity contribution in [1.29, 1.82) is 0 Å². The second-order valence-electron chi connectivity index (χ2n) is 9.14. The molecule has 2 amide bonds. The molecule has 1 fully saturated rings. The van der Waals surface area contributed by atoms with Gasteiger partial charge < -0.3 is 10.2 Å². The van der Waals surface area contributed by atoms with Gasteiger partial charge in [-0.15, -0.1) is 0 Å². The van der Waals surface area contributed by atoms with Crippen molar-refractivity contribution in [1.82, 2.24) is 15.2 Å². The van der Waals surface area contributed by atoms with Crippen molar-refractivity contribution in [3.8, 4) is 0 Å². The van der Waals surface area contributed by atoms with Crippen LogP contribution in [0, 0.1) is 5.82 Å². The molecule has 0 bridgehead atoms. The highest BCUT2D eigenvalue weighted by Crippen LogP contribution is 2.38. The van der Waals surface area contributed by atoms with Gasteiger partial charge in [-0.3, -0.25) is 4.98 Å². The summed E-state index contributed by atoms with van der Waals surface area (Å²) in [7, 11) is 1.67. The van der Waals surface area contributed by atoms with E-state index < -0.39 is 29.1 Å². The number of amides is 2. The number of carbonyl (C=O) groups is 1. The summed E-state index contributed by atoms with van der Waals surface area (Å²) in [6.07, 6.45) is 0.276. The molecule has 0 saturated heterocycles. The third kappa shape index (κ3) is 5.64. The molecule has 0 unspecified atom stereocenters. The fourth-order valence-electron chi connectivity index (χ4n) is 4.78. The van der Waals surface area contributed by atoms with Crippen LogP contribution in [0.1, 0.15) is 48.1 Å². The number of benzene rings is 2. The summed E-state index contributed by atoms with van der Waals surface area (Å²) in [5.41, 5.74) is -1.87. The van der Waals surface area contributed by atoms with Crippen LogP contribution in [0.3, 0.4) is 0 Å². The van der Waals surface area contributed by atoms with Crippen LogP contribution >= 0.6 is 11.6 Å². The summed E-state index contributed by atoms with van der Waals surface area (Å²) in [6.45, 7) is 0. The molecule has 1 heterocycles. The first-order valence-electron chi connectivity index (χ1n) is 11.7. The molecule has 36 heavy (non-hydrogen) atoms. The lowest BCUT2D eigenvalue weighted by Gasteiger charge is -2.38. The maximum Gasteiger partial charge on any atom is 0.416 e. The molecule has 1 N–H and O–H groups in total. The summed E-state index contributed by atoms with van der Waals surface area (Å²) in [6, 6.07) is 13.9. The molecule has 0 radical (unpaired) electrons. The van der Waals surface area contributed by atoms with Crippen LogP contribution in [0.5, 0.6) is 0 Å². The molecule has 1 aliphatic carbocycles. The molecule has 9 heteroatoms. The van der Waals surface area contributed by atoms with Gasteiger partial charge >= 0.3 is 12.2 Å². The van der Waals surface area contributed by atoms with E-state index >= 15 is 0 Å². The van der Waals surface area contributed by atoms with Crippen LogP contribution in [-0.4, -0.2) is 29.0 Å². The molecular weight excluding hydrogens is 494 g/mol. The average Bonchev–Trinajstić information content (AvgIpc) is 3.38. The van der Waals surface area contributed by atoms with Crippen LogP contribution in [0.15, 0.2) is 66.9 Å². The Kier molecular flexibility index (Phi) is 7.54. The second kappa shape index (κ2) is 10.5. The highest BCUT2D eigenvalue weighted by molar-refractivity contribution is 6.30. The van der Waals surface area contributed by atoms with Crippen molar-refractivity contribution < 1.29 is 22.4 Å². The highest BCUT2D eigenvalue weighted by Gasteiger charge is 2.42. The van der Waals surface area contributed by atoms with Crippen LogP contribution in [-0.2, 0) is 18.1 Å². The van der Waals surface area contributed by atoms with Crippen molar-refractivity contribution in [2.24, 2.45) is 0 Å². The molecule has 4 nitrogen and oxygen atoms in total. The average molecular weight is 520 g/mol. The Morgan fingerprint density at radius 2 is 1.72 bits per heavy atom. The van der Waals surface area contributed by atoms with E-state index in [2.05, 4.69) is 10.3 Å². The van der Waals surface area contributed by atoms with E-state index in [0.29, 0.717) is 11.1 Å². The van der Waals surface area contributed by atoms with E-state index in [1.807, 2.05) is 6.07 Å². The number of nitrogens with one attached hydrogen (secondary N) is 1. The van der Waals surface area contributed by atoms with E-state index in [1.165, 1.54) is 6.20 Å². The van der Waals surface area contributed by atoms with Crippen LogP contribution < -0.4 is 5.32 Å². The summed E-state index contributed by atoms with van der Waals surface area (Å²) in [5, 5.41) is 3.28. The monoisotopic (exact) mass is 519 g/mol. The number of carbonyl (C=O) groups excluding carboxylic acids is 1. The van der Waals surface area contributed by atoms with Crippen molar-refractivity contribution in [3.63, 3.8) is 0 Å². The maximum absolute atomic E-state index is 14.7. The smallest absolute Gasteiger partial charge is 0.325 e. The zero-order valence-electron chi connectivity index (χ0n) is 19.7. The number of rotatable bonds is 6. The van der Waals surface area contributed by atoms with Gasteiger partial charge in [0, 0.05) is 25.7 Å². The lowest BCUT2D eigenvalue weighted by atomic mass is 9.79. The Balaban J connectivity index is 1.91. The quantitative estimate of drug-likeness (QED) is 0.358. The van der Waals surface area contributed by atoms with Gasteiger partial charge in [-0.05, 0) is 54.3 Å². The van der Waals surface area contributed by atoms with E-state index in [1.54, 1.807) is 48.3 Å². The summed E-state index contributed by atoms with van der Waals surface area (Å²) in [4.78, 5) is 19.5. The molecule has 4 rings (SSSR count). The fraction of sp³-hybridized carbons (Fsp3) is 0.333. The second-order valence-corrected chi connectivity index (χ2v) is 9.57. The standard InChI is InChI=1S/C27H26ClF4N3O/c1-35(23-9-5-6-10-23)25(36)34-26(16-18-7-3-2-4-8-18,24-12-11-21(28)17-33-24)19-13-20(27(30,31)32)15-22(29)14-19/h2-4,7-8,11-15,17,23H,5-6,9-10,16H2,1H3,(H,34,36)/t26-/m1/s1. The lowest BCUT2D eigenvalue weighted by Crippen LogP contribution is -2.54. The fourth-order valence-corrected chi connectivity index (χ4v) is 4.89. The van der Waals surface area contributed by atoms with Crippen LogP contribution in [0.25, 0.3) is 0 Å². The normalized spacial score (nSPS) is 15.9. The molecule has 1 aliphatic rings. The number of nitrogens with zero attached hydrogens (tertiary/aromatic N) is 2. The molecule has 3 aromatic rings. The minimum atomic E-state index is -4.78. The van der Waals surface area contributed by atoms with E-state index in [9.17, 15) is 22.4 Å². The van der Waals surface area contributed by atoms with Gasteiger partial charge in [-0.1, -0.05) is 54.8 Å². The van der Waals surface area contributed by atoms with E-state index in [0.717, 1.165) is 43.4 Å².